The molecule has 0 radical (unpaired) electrons. The van der Waals surface area contributed by atoms with Crippen molar-refractivity contribution in [2.75, 3.05) is 20.3 Å². The van der Waals surface area contributed by atoms with Crippen LogP contribution in [0.25, 0.3) is 0 Å². The lowest BCUT2D eigenvalue weighted by Gasteiger charge is -2.14. The first-order chi connectivity index (χ1) is 14.9. The van der Waals surface area contributed by atoms with Gasteiger partial charge in [0.1, 0.15) is 11.5 Å². The SMILES string of the molecule is COc1ccc(CCNC(=O)COc2ccc(S(=O)(=O)NC3CCCC3)cc2Cl)cc1. The Morgan fingerprint density at radius 3 is 2.48 bits per heavy atom. The molecule has 0 unspecified atom stereocenters. The monoisotopic (exact) mass is 466 g/mol. The maximum absolute atomic E-state index is 12.5. The van der Waals surface area contributed by atoms with Crippen molar-refractivity contribution in [2.45, 2.75) is 43.0 Å². The number of ether oxygens (including phenoxy) is 2. The zero-order valence-corrected chi connectivity index (χ0v) is 19.0. The fourth-order valence-electron chi connectivity index (χ4n) is 3.43. The molecule has 0 heterocycles. The summed E-state index contributed by atoms with van der Waals surface area (Å²) in [6, 6.07) is 11.8. The van der Waals surface area contributed by atoms with E-state index in [4.69, 9.17) is 21.1 Å². The van der Waals surface area contributed by atoms with Gasteiger partial charge in [-0.15, -0.1) is 0 Å². The molecule has 1 aliphatic rings. The van der Waals surface area contributed by atoms with Gasteiger partial charge in [0.05, 0.1) is 17.0 Å². The Kier molecular flexibility index (Phi) is 8.17. The fraction of sp³-hybridized carbons (Fsp3) is 0.409. The van der Waals surface area contributed by atoms with Gasteiger partial charge >= 0.3 is 0 Å². The predicted octanol–water partition coefficient (Wildman–Crippen LogP) is 3.31. The van der Waals surface area contributed by atoms with Gasteiger partial charge in [0.2, 0.25) is 10.0 Å². The van der Waals surface area contributed by atoms with Crippen LogP contribution in [0.15, 0.2) is 47.4 Å². The molecule has 0 bridgehead atoms. The maximum atomic E-state index is 12.5. The summed E-state index contributed by atoms with van der Waals surface area (Å²) >= 11 is 6.19. The van der Waals surface area contributed by atoms with E-state index >= 15 is 0 Å². The Morgan fingerprint density at radius 1 is 1.13 bits per heavy atom. The Hall–Kier alpha value is -2.29. The first kappa shape index (κ1) is 23.4. The summed E-state index contributed by atoms with van der Waals surface area (Å²) in [6.07, 6.45) is 4.44. The third-order valence-electron chi connectivity index (χ3n) is 5.14. The Morgan fingerprint density at radius 2 is 1.84 bits per heavy atom. The summed E-state index contributed by atoms with van der Waals surface area (Å²) in [7, 11) is -2.02. The highest BCUT2D eigenvalue weighted by Gasteiger charge is 2.23. The highest BCUT2D eigenvalue weighted by atomic mass is 35.5. The maximum Gasteiger partial charge on any atom is 0.257 e. The summed E-state index contributed by atoms with van der Waals surface area (Å²) in [5.74, 6) is 0.752. The lowest BCUT2D eigenvalue weighted by Crippen LogP contribution is -2.32. The highest BCUT2D eigenvalue weighted by Crippen LogP contribution is 2.28. The molecule has 0 spiro atoms. The van der Waals surface area contributed by atoms with E-state index in [-0.39, 0.29) is 34.2 Å². The lowest BCUT2D eigenvalue weighted by molar-refractivity contribution is -0.123. The molecule has 7 nitrogen and oxygen atoms in total. The second-order valence-electron chi connectivity index (χ2n) is 7.43. The van der Waals surface area contributed by atoms with Crippen molar-refractivity contribution in [1.29, 1.82) is 0 Å². The van der Waals surface area contributed by atoms with Crippen LogP contribution in [-0.2, 0) is 21.2 Å². The number of nitrogens with one attached hydrogen (secondary N) is 2. The molecule has 1 amide bonds. The number of hydrogen-bond donors (Lipinski definition) is 2. The minimum atomic E-state index is -3.63. The third kappa shape index (κ3) is 6.85. The summed E-state index contributed by atoms with van der Waals surface area (Å²) in [4.78, 5) is 12.1. The molecule has 2 N–H and O–H groups in total. The highest BCUT2D eigenvalue weighted by molar-refractivity contribution is 7.89. The van der Waals surface area contributed by atoms with E-state index in [1.165, 1.54) is 18.2 Å². The molecule has 1 fully saturated rings. The van der Waals surface area contributed by atoms with E-state index in [0.717, 1.165) is 37.0 Å². The van der Waals surface area contributed by atoms with Gasteiger partial charge in [-0.3, -0.25) is 4.79 Å². The van der Waals surface area contributed by atoms with Crippen molar-refractivity contribution in [3.05, 3.63) is 53.1 Å². The van der Waals surface area contributed by atoms with Crippen LogP contribution in [0.1, 0.15) is 31.2 Å². The molecular weight excluding hydrogens is 440 g/mol. The standard InChI is InChI=1S/C22H27ClN2O5S/c1-29-18-8-6-16(7-9-18)12-13-24-22(26)15-30-21-11-10-19(14-20(21)23)31(27,28)25-17-4-2-3-5-17/h6-11,14,17,25H,2-5,12-13,15H2,1H3,(H,24,26). The van der Waals surface area contributed by atoms with Crippen LogP contribution in [0, 0.1) is 0 Å². The predicted molar refractivity (Wildman–Crippen MR) is 119 cm³/mol. The van der Waals surface area contributed by atoms with Crippen LogP contribution < -0.4 is 19.5 Å². The second kappa shape index (κ2) is 10.8. The smallest absolute Gasteiger partial charge is 0.257 e. The average molecular weight is 467 g/mol. The van der Waals surface area contributed by atoms with Crippen LogP contribution in [0.2, 0.25) is 5.02 Å². The topological polar surface area (TPSA) is 93.7 Å². The van der Waals surface area contributed by atoms with Crippen molar-refractivity contribution in [1.82, 2.24) is 10.0 Å². The number of carbonyl (C=O) groups excluding carboxylic acids is 1. The number of carbonyl (C=O) groups is 1. The molecule has 0 aromatic heterocycles. The van der Waals surface area contributed by atoms with Crippen LogP contribution in [0.4, 0.5) is 0 Å². The van der Waals surface area contributed by atoms with Gasteiger partial charge in [-0.1, -0.05) is 36.6 Å². The van der Waals surface area contributed by atoms with Crippen molar-refractivity contribution in [3.8, 4) is 11.5 Å². The number of halogens is 1. The molecule has 2 aromatic carbocycles. The molecule has 1 saturated carbocycles. The van der Waals surface area contributed by atoms with Gasteiger partial charge < -0.3 is 14.8 Å². The van der Waals surface area contributed by atoms with Crippen molar-refractivity contribution >= 4 is 27.5 Å². The van der Waals surface area contributed by atoms with E-state index in [0.29, 0.717) is 13.0 Å². The van der Waals surface area contributed by atoms with E-state index < -0.39 is 10.0 Å². The van der Waals surface area contributed by atoms with Crippen molar-refractivity contribution in [3.63, 3.8) is 0 Å². The molecule has 0 saturated heterocycles. The molecule has 0 aliphatic heterocycles. The quantitative estimate of drug-likeness (QED) is 0.560. The van der Waals surface area contributed by atoms with Gasteiger partial charge in [-0.05, 0) is 55.2 Å². The fourth-order valence-corrected chi connectivity index (χ4v) is 5.06. The van der Waals surface area contributed by atoms with Gasteiger partial charge in [0.25, 0.3) is 5.91 Å². The van der Waals surface area contributed by atoms with E-state index in [9.17, 15) is 13.2 Å². The molecule has 3 rings (SSSR count). The molecule has 9 heteroatoms. The van der Waals surface area contributed by atoms with Gasteiger partial charge in [-0.25, -0.2) is 13.1 Å². The van der Waals surface area contributed by atoms with Crippen LogP contribution in [-0.4, -0.2) is 40.6 Å². The number of amides is 1. The number of rotatable bonds is 10. The number of hydrogen-bond acceptors (Lipinski definition) is 5. The summed E-state index contributed by atoms with van der Waals surface area (Å²) < 4.78 is 38.3. The van der Waals surface area contributed by atoms with Crippen LogP contribution >= 0.6 is 11.6 Å². The van der Waals surface area contributed by atoms with Crippen molar-refractivity contribution < 1.29 is 22.7 Å². The van der Waals surface area contributed by atoms with E-state index in [2.05, 4.69) is 10.0 Å². The summed E-state index contributed by atoms with van der Waals surface area (Å²) in [6.45, 7) is 0.251. The normalized spacial score (nSPS) is 14.4. The van der Waals surface area contributed by atoms with Gasteiger partial charge in [0, 0.05) is 12.6 Å². The zero-order valence-electron chi connectivity index (χ0n) is 17.4. The molecule has 0 atom stereocenters. The molecule has 31 heavy (non-hydrogen) atoms. The summed E-state index contributed by atoms with van der Waals surface area (Å²) in [5, 5.41) is 2.92. The van der Waals surface area contributed by atoms with Crippen LogP contribution in [0.5, 0.6) is 11.5 Å². The Bertz CT molecular complexity index is 989. The van der Waals surface area contributed by atoms with Crippen molar-refractivity contribution in [2.24, 2.45) is 0 Å². The van der Waals surface area contributed by atoms with Crippen LogP contribution in [0.3, 0.4) is 0 Å². The lowest BCUT2D eigenvalue weighted by atomic mass is 10.1. The first-order valence-corrected chi connectivity index (χ1v) is 12.1. The molecular formula is C22H27ClN2O5S. The summed E-state index contributed by atoms with van der Waals surface area (Å²) in [5.41, 5.74) is 1.08. The largest absolute Gasteiger partial charge is 0.497 e. The van der Waals surface area contributed by atoms with Gasteiger partial charge in [-0.2, -0.15) is 0 Å². The minimum absolute atomic E-state index is 0.0266. The third-order valence-corrected chi connectivity index (χ3v) is 6.96. The molecule has 1 aliphatic carbocycles. The zero-order chi connectivity index (χ0) is 22.3. The Balaban J connectivity index is 1.46. The minimum Gasteiger partial charge on any atom is -0.497 e. The van der Waals surface area contributed by atoms with E-state index in [1.54, 1.807) is 7.11 Å². The number of benzene rings is 2. The second-order valence-corrected chi connectivity index (χ2v) is 9.55. The number of sulfonamides is 1. The Labute approximate surface area is 188 Å². The first-order valence-electron chi connectivity index (χ1n) is 10.2. The van der Waals surface area contributed by atoms with E-state index in [1.807, 2.05) is 24.3 Å². The number of methoxy groups -OCH3 is 1. The average Bonchev–Trinajstić information content (AvgIpc) is 3.25. The molecule has 168 valence electrons. The molecule has 2 aromatic rings. The van der Waals surface area contributed by atoms with Gasteiger partial charge in [0.15, 0.2) is 6.61 Å².